The van der Waals surface area contributed by atoms with Gasteiger partial charge < -0.3 is 35.0 Å². The second-order valence-electron chi connectivity index (χ2n) is 7.95. The highest BCUT2D eigenvalue weighted by Gasteiger charge is 2.17. The van der Waals surface area contributed by atoms with Crippen LogP contribution in [0, 0.1) is 0 Å². The van der Waals surface area contributed by atoms with Gasteiger partial charge >= 0.3 is 5.22 Å². The van der Waals surface area contributed by atoms with E-state index in [0.717, 1.165) is 12.7 Å². The van der Waals surface area contributed by atoms with E-state index in [4.69, 9.17) is 24.4 Å². The third kappa shape index (κ3) is 12.7. The zero-order valence-corrected chi connectivity index (χ0v) is 21.8. The molecule has 1 aromatic carbocycles. The first-order valence-electron chi connectivity index (χ1n) is 11.9. The van der Waals surface area contributed by atoms with E-state index in [0.29, 0.717) is 70.4 Å². The van der Waals surface area contributed by atoms with Crippen LogP contribution in [0.25, 0.3) is 11.5 Å². The number of carbonyl (C=O) groups is 2. The summed E-state index contributed by atoms with van der Waals surface area (Å²) in [5.74, 6) is -0.483. The number of hydrogen-bond donors (Lipinski definition) is 3. The van der Waals surface area contributed by atoms with Gasteiger partial charge in [-0.1, -0.05) is 5.10 Å². The van der Waals surface area contributed by atoms with E-state index in [-0.39, 0.29) is 30.5 Å². The van der Waals surface area contributed by atoms with Crippen LogP contribution in [0.15, 0.2) is 33.9 Å². The molecule has 0 atom stereocenters. The van der Waals surface area contributed by atoms with E-state index in [2.05, 4.69) is 20.8 Å². The first kappa shape index (κ1) is 30.3. The van der Waals surface area contributed by atoms with Crippen molar-refractivity contribution in [2.45, 2.75) is 30.9 Å². The Hall–Kier alpha value is -2.91. The van der Waals surface area contributed by atoms with Gasteiger partial charge in [-0.3, -0.25) is 9.59 Å². The molecule has 0 unspecified atom stereocenters. The fourth-order valence-corrected chi connectivity index (χ4v) is 3.26. The van der Waals surface area contributed by atoms with Crippen LogP contribution in [-0.4, -0.2) is 89.4 Å². The second-order valence-corrected chi connectivity index (χ2v) is 9.85. The van der Waals surface area contributed by atoms with Crippen LogP contribution >= 0.6 is 0 Å². The summed E-state index contributed by atoms with van der Waals surface area (Å²) in [4.78, 5) is 24.1. The Morgan fingerprint density at radius 2 is 1.49 bits per heavy atom. The number of anilines is 1. The molecule has 0 radical (unpaired) electrons. The summed E-state index contributed by atoms with van der Waals surface area (Å²) in [6.45, 7) is 4.19. The number of nitrogens with two attached hydrogens (primary N) is 1. The number of sulfone groups is 1. The van der Waals surface area contributed by atoms with E-state index in [1.165, 1.54) is 0 Å². The molecule has 1 aromatic heterocycles. The van der Waals surface area contributed by atoms with Crippen molar-refractivity contribution in [1.82, 2.24) is 15.5 Å². The summed E-state index contributed by atoms with van der Waals surface area (Å²) < 4.78 is 44.2. The van der Waals surface area contributed by atoms with Gasteiger partial charge in [0.1, 0.15) is 0 Å². The number of benzene rings is 1. The molecule has 0 saturated carbocycles. The smallest absolute Gasteiger partial charge is 0.335 e. The van der Waals surface area contributed by atoms with E-state index >= 15 is 0 Å². The Kier molecular flexibility index (Phi) is 13.7. The fraction of sp³-hybridized carbons (Fsp3) is 0.565. The van der Waals surface area contributed by atoms with Crippen molar-refractivity contribution in [2.24, 2.45) is 5.73 Å². The molecular formula is C23H35N5O8S. The largest absolute Gasteiger partial charge is 0.408 e. The van der Waals surface area contributed by atoms with E-state index in [1.807, 2.05) is 0 Å². The minimum Gasteiger partial charge on any atom is -0.408 e. The number of aromatic nitrogens is 2. The number of carbonyl (C=O) groups excluding carboxylic acids is 2. The highest BCUT2D eigenvalue weighted by molar-refractivity contribution is 7.90. The van der Waals surface area contributed by atoms with Crippen molar-refractivity contribution in [3.8, 4) is 11.5 Å². The van der Waals surface area contributed by atoms with Crippen LogP contribution in [0.4, 0.5) is 5.69 Å². The third-order valence-corrected chi connectivity index (χ3v) is 5.54. The summed E-state index contributed by atoms with van der Waals surface area (Å²) in [6, 6.07) is 6.43. The molecule has 0 bridgehead atoms. The molecule has 37 heavy (non-hydrogen) atoms. The van der Waals surface area contributed by atoms with Crippen molar-refractivity contribution in [2.75, 3.05) is 64.3 Å². The molecule has 206 valence electrons. The number of rotatable bonds is 19. The summed E-state index contributed by atoms with van der Waals surface area (Å²) in [5, 5.41) is 12.2. The first-order valence-corrected chi connectivity index (χ1v) is 13.8. The van der Waals surface area contributed by atoms with Crippen LogP contribution in [0.5, 0.6) is 0 Å². The molecule has 1 heterocycles. The Morgan fingerprint density at radius 3 is 2.08 bits per heavy atom. The van der Waals surface area contributed by atoms with Gasteiger partial charge in [-0.25, -0.2) is 8.42 Å². The molecule has 0 aliphatic heterocycles. The summed E-state index contributed by atoms with van der Waals surface area (Å²) >= 11 is 0. The Bertz CT molecular complexity index is 1060. The average Bonchev–Trinajstić information content (AvgIpc) is 3.37. The molecule has 4 N–H and O–H groups in total. The van der Waals surface area contributed by atoms with E-state index in [9.17, 15) is 18.0 Å². The van der Waals surface area contributed by atoms with Gasteiger partial charge in [0.25, 0.3) is 0 Å². The van der Waals surface area contributed by atoms with Crippen molar-refractivity contribution >= 4 is 27.3 Å². The predicted molar refractivity (Wildman–Crippen MR) is 134 cm³/mol. The number of amides is 2. The van der Waals surface area contributed by atoms with Gasteiger partial charge in [-0.2, -0.15) is 0 Å². The second kappa shape index (κ2) is 16.8. The summed E-state index contributed by atoms with van der Waals surface area (Å²) in [7, 11) is -3.59. The maximum absolute atomic E-state index is 12.1. The molecule has 2 rings (SSSR count). The van der Waals surface area contributed by atoms with Crippen LogP contribution in [-0.2, 0) is 33.6 Å². The molecule has 14 heteroatoms. The molecule has 0 fully saturated rings. The normalized spacial score (nSPS) is 11.4. The monoisotopic (exact) mass is 541 g/mol. The lowest BCUT2D eigenvalue weighted by molar-refractivity contribution is -0.124. The van der Waals surface area contributed by atoms with Crippen LogP contribution in [0.3, 0.4) is 0 Å². The van der Waals surface area contributed by atoms with Crippen LogP contribution < -0.4 is 16.4 Å². The Balaban J connectivity index is 1.52. The number of hydrogen-bond acceptors (Lipinski definition) is 11. The van der Waals surface area contributed by atoms with Crippen molar-refractivity contribution in [1.29, 1.82) is 0 Å². The summed E-state index contributed by atoms with van der Waals surface area (Å²) in [5.41, 5.74) is 6.38. The zero-order valence-electron chi connectivity index (χ0n) is 20.9. The molecule has 0 spiro atoms. The lowest BCUT2D eigenvalue weighted by Crippen LogP contribution is -2.26. The van der Waals surface area contributed by atoms with Crippen molar-refractivity contribution in [3.05, 3.63) is 24.3 Å². The van der Waals surface area contributed by atoms with Gasteiger partial charge in [-0.05, 0) is 43.7 Å². The maximum Gasteiger partial charge on any atom is 0.335 e. The molecule has 0 aliphatic rings. The quantitative estimate of drug-likeness (QED) is 0.213. The molecule has 0 saturated heterocycles. The fourth-order valence-electron chi connectivity index (χ4n) is 2.84. The number of nitrogens with zero attached hydrogens (tertiary/aromatic N) is 2. The molecule has 2 aromatic rings. The highest BCUT2D eigenvalue weighted by Crippen LogP contribution is 2.21. The predicted octanol–water partition coefficient (Wildman–Crippen LogP) is 0.764. The lowest BCUT2D eigenvalue weighted by atomic mass is 10.2. The SMILES string of the molecule is CS(=O)(=O)c1nnc(-c2ccc(NC(=O)CCC(=O)NCCCOCCOCCOCCCN)cc2)o1. The molecule has 2 amide bonds. The number of nitrogens with one attached hydrogen (secondary N) is 2. The van der Waals surface area contributed by atoms with Crippen LogP contribution in [0.1, 0.15) is 25.7 Å². The standard InChI is InChI=1S/C23H35N5O8S/c1-37(31,32)23-28-27-22(36-23)18-4-6-19(7-5-18)26-21(30)9-8-20(29)25-11-3-13-34-15-17-35-16-14-33-12-2-10-24/h4-7H,2-3,8-17,24H2,1H3,(H,25,29)(H,26,30). The topological polar surface area (TPSA) is 185 Å². The zero-order chi connectivity index (χ0) is 26.9. The van der Waals surface area contributed by atoms with Crippen molar-refractivity contribution in [3.63, 3.8) is 0 Å². The molecule has 13 nitrogen and oxygen atoms in total. The van der Waals surface area contributed by atoms with Gasteiger partial charge in [-0.15, -0.1) is 5.10 Å². The van der Waals surface area contributed by atoms with Crippen molar-refractivity contribution < 1.29 is 36.6 Å². The number of ether oxygens (including phenoxy) is 3. The van der Waals surface area contributed by atoms with Gasteiger partial charge in [0.2, 0.25) is 27.5 Å². The van der Waals surface area contributed by atoms with Crippen LogP contribution in [0.2, 0.25) is 0 Å². The lowest BCUT2D eigenvalue weighted by Gasteiger charge is -2.08. The minimum atomic E-state index is -3.59. The average molecular weight is 542 g/mol. The third-order valence-electron chi connectivity index (χ3n) is 4.74. The maximum atomic E-state index is 12.1. The van der Waals surface area contributed by atoms with Gasteiger partial charge in [0.05, 0.1) is 26.4 Å². The first-order chi connectivity index (χ1) is 17.8. The van der Waals surface area contributed by atoms with E-state index in [1.54, 1.807) is 24.3 Å². The van der Waals surface area contributed by atoms with E-state index < -0.39 is 15.1 Å². The highest BCUT2D eigenvalue weighted by atomic mass is 32.2. The minimum absolute atomic E-state index is 0.0265. The van der Waals surface area contributed by atoms with Gasteiger partial charge in [0, 0.05) is 50.1 Å². The Morgan fingerprint density at radius 1 is 0.892 bits per heavy atom. The Labute approximate surface area is 216 Å². The van der Waals surface area contributed by atoms with Gasteiger partial charge in [0.15, 0.2) is 0 Å². The molecular weight excluding hydrogens is 506 g/mol. The molecule has 0 aliphatic carbocycles. The summed E-state index contributed by atoms with van der Waals surface area (Å²) in [6.07, 6.45) is 2.55.